The van der Waals surface area contributed by atoms with Crippen LogP contribution in [0.25, 0.3) is 83.6 Å². The van der Waals surface area contributed by atoms with Crippen LogP contribution < -0.4 is 0 Å². The Bertz CT molecular complexity index is 2390. The molecule has 0 saturated heterocycles. The van der Waals surface area contributed by atoms with Crippen LogP contribution in [0.2, 0.25) is 0 Å². The highest BCUT2D eigenvalue weighted by Crippen LogP contribution is 2.41. The van der Waals surface area contributed by atoms with Gasteiger partial charge in [0.15, 0.2) is 0 Å². The van der Waals surface area contributed by atoms with Crippen LogP contribution in [0.5, 0.6) is 0 Å². The molecule has 42 heavy (non-hydrogen) atoms. The number of allylic oxidation sites excluding steroid dienone is 1. The van der Waals surface area contributed by atoms with Gasteiger partial charge in [0.2, 0.25) is 5.95 Å². The fourth-order valence-corrected chi connectivity index (χ4v) is 6.45. The van der Waals surface area contributed by atoms with Crippen molar-refractivity contribution in [2.24, 2.45) is 0 Å². The molecule has 0 saturated carbocycles. The van der Waals surface area contributed by atoms with Gasteiger partial charge in [0.25, 0.3) is 0 Å². The zero-order valence-corrected chi connectivity index (χ0v) is 23.3. The maximum absolute atomic E-state index is 5.38. The summed E-state index contributed by atoms with van der Waals surface area (Å²) in [5.74, 6) is 0.657. The summed E-state index contributed by atoms with van der Waals surface area (Å²) in [7, 11) is 0. The van der Waals surface area contributed by atoms with E-state index in [1.807, 2.05) is 12.1 Å². The molecule has 0 N–H and O–H groups in total. The number of fused-ring (bicyclic) bond motifs is 7. The first-order valence-corrected chi connectivity index (χ1v) is 14.3. The van der Waals surface area contributed by atoms with Crippen molar-refractivity contribution in [3.63, 3.8) is 0 Å². The van der Waals surface area contributed by atoms with Gasteiger partial charge in [-0.15, -0.1) is 0 Å². The maximum atomic E-state index is 5.38. The molecular formula is C39H27N3. The van der Waals surface area contributed by atoms with E-state index in [0.717, 1.165) is 44.3 Å². The Morgan fingerprint density at radius 3 is 2.10 bits per heavy atom. The molecule has 0 bridgehead atoms. The molecule has 6 aromatic carbocycles. The van der Waals surface area contributed by atoms with Crippen LogP contribution in [0.1, 0.15) is 18.1 Å². The Balaban J connectivity index is 1.56. The smallest absolute Gasteiger partial charge is 0.235 e. The molecule has 0 aliphatic rings. The molecule has 0 unspecified atom stereocenters. The van der Waals surface area contributed by atoms with Gasteiger partial charge in [0.1, 0.15) is 0 Å². The molecule has 3 heteroatoms. The zero-order chi connectivity index (χ0) is 28.2. The lowest BCUT2D eigenvalue weighted by Crippen LogP contribution is -2.03. The van der Waals surface area contributed by atoms with Crippen molar-refractivity contribution in [2.75, 3.05) is 0 Å². The second-order valence-electron chi connectivity index (χ2n) is 10.6. The monoisotopic (exact) mass is 537 g/mol. The molecule has 3 nitrogen and oxygen atoms in total. The summed E-state index contributed by atoms with van der Waals surface area (Å²) >= 11 is 0. The summed E-state index contributed by atoms with van der Waals surface area (Å²) < 4.78 is 2.23. The van der Waals surface area contributed by atoms with Crippen LogP contribution in [-0.4, -0.2) is 14.5 Å². The van der Waals surface area contributed by atoms with Gasteiger partial charge in [-0.25, -0.2) is 9.97 Å². The van der Waals surface area contributed by atoms with Gasteiger partial charge in [-0.05, 0) is 57.8 Å². The Hall–Kier alpha value is -5.54. The van der Waals surface area contributed by atoms with Crippen LogP contribution in [0.4, 0.5) is 0 Å². The summed E-state index contributed by atoms with van der Waals surface area (Å²) in [4.78, 5) is 10.6. The Kier molecular flexibility index (Phi) is 5.51. The lowest BCUT2D eigenvalue weighted by molar-refractivity contribution is 1.01. The highest BCUT2D eigenvalue weighted by molar-refractivity contribution is 6.23. The third-order valence-corrected chi connectivity index (χ3v) is 8.29. The SMILES string of the molecule is C=Cc1ccc2c(c1/C=C\C)c1c3ccccc3ccc1n2-c1nc(-c2cccc3ccccc23)c2ccccc2n1. The molecule has 8 aromatic rings. The van der Waals surface area contributed by atoms with Crippen molar-refractivity contribution in [3.05, 3.63) is 139 Å². The lowest BCUT2D eigenvalue weighted by atomic mass is 9.97. The van der Waals surface area contributed by atoms with E-state index in [2.05, 4.69) is 139 Å². The van der Waals surface area contributed by atoms with E-state index in [0.29, 0.717) is 5.95 Å². The molecule has 0 aliphatic heterocycles. The molecule has 2 heterocycles. The van der Waals surface area contributed by atoms with Crippen LogP contribution in [0.15, 0.2) is 128 Å². The molecule has 8 rings (SSSR count). The van der Waals surface area contributed by atoms with Crippen LogP contribution in [0, 0.1) is 0 Å². The van der Waals surface area contributed by atoms with E-state index in [4.69, 9.17) is 9.97 Å². The van der Waals surface area contributed by atoms with Gasteiger partial charge in [-0.2, -0.15) is 0 Å². The highest BCUT2D eigenvalue weighted by Gasteiger charge is 2.21. The van der Waals surface area contributed by atoms with Crippen LogP contribution >= 0.6 is 0 Å². The first-order valence-electron chi connectivity index (χ1n) is 14.3. The standard InChI is InChI=1S/C39H27N3/c1-3-12-29-25(4-2)21-23-34-36(29)37-30-17-8-6-14-27(30)22-24-35(37)42(34)39-40-33-20-10-9-18-32(33)38(41-39)31-19-11-15-26-13-5-7-16-28(26)31/h3-24H,2H2,1H3/b12-3-. The van der Waals surface area contributed by atoms with E-state index in [9.17, 15) is 0 Å². The minimum absolute atomic E-state index is 0.657. The van der Waals surface area contributed by atoms with Gasteiger partial charge < -0.3 is 0 Å². The summed E-state index contributed by atoms with van der Waals surface area (Å²) in [6.07, 6.45) is 6.23. The fraction of sp³-hybridized carbons (Fsp3) is 0.0256. The van der Waals surface area contributed by atoms with Gasteiger partial charge in [0.05, 0.1) is 22.2 Å². The van der Waals surface area contributed by atoms with Gasteiger partial charge in [-0.3, -0.25) is 4.57 Å². The topological polar surface area (TPSA) is 30.7 Å². The third kappa shape index (κ3) is 3.54. The van der Waals surface area contributed by atoms with Gasteiger partial charge in [0, 0.05) is 21.7 Å². The second kappa shape index (κ2) is 9.53. The van der Waals surface area contributed by atoms with Crippen molar-refractivity contribution in [1.82, 2.24) is 14.5 Å². The molecular weight excluding hydrogens is 510 g/mol. The first kappa shape index (κ1) is 24.3. The van der Waals surface area contributed by atoms with Gasteiger partial charge >= 0.3 is 0 Å². The molecule has 0 amide bonds. The predicted molar refractivity (Wildman–Crippen MR) is 179 cm³/mol. The van der Waals surface area contributed by atoms with Crippen molar-refractivity contribution in [1.29, 1.82) is 0 Å². The van der Waals surface area contributed by atoms with Crippen molar-refractivity contribution in [2.45, 2.75) is 6.92 Å². The minimum atomic E-state index is 0.657. The third-order valence-electron chi connectivity index (χ3n) is 8.29. The number of hydrogen-bond donors (Lipinski definition) is 0. The fourth-order valence-electron chi connectivity index (χ4n) is 6.45. The Morgan fingerprint density at radius 1 is 0.619 bits per heavy atom. The maximum Gasteiger partial charge on any atom is 0.235 e. The normalized spacial score (nSPS) is 11.9. The Morgan fingerprint density at radius 2 is 1.29 bits per heavy atom. The number of nitrogens with zero attached hydrogens (tertiary/aromatic N) is 3. The second-order valence-corrected chi connectivity index (χ2v) is 10.6. The van der Waals surface area contributed by atoms with Crippen LogP contribution in [-0.2, 0) is 0 Å². The summed E-state index contributed by atoms with van der Waals surface area (Å²) in [5.41, 5.74) is 7.34. The van der Waals surface area contributed by atoms with Crippen molar-refractivity contribution in [3.8, 4) is 17.2 Å². The molecule has 0 aliphatic carbocycles. The van der Waals surface area contributed by atoms with Crippen molar-refractivity contribution < 1.29 is 0 Å². The number of hydrogen-bond acceptors (Lipinski definition) is 2. The number of rotatable bonds is 4. The summed E-state index contributed by atoms with van der Waals surface area (Å²) in [5, 5.41) is 8.19. The minimum Gasteiger partial charge on any atom is -0.278 e. The molecule has 0 radical (unpaired) electrons. The van der Waals surface area contributed by atoms with E-state index in [-0.39, 0.29) is 0 Å². The number of aromatic nitrogens is 3. The Labute approximate surface area is 243 Å². The summed E-state index contributed by atoms with van der Waals surface area (Å²) in [6.45, 7) is 6.19. The number of benzene rings is 6. The predicted octanol–water partition coefficient (Wildman–Crippen LogP) is 10.4. The first-order chi connectivity index (χ1) is 20.8. The van der Waals surface area contributed by atoms with Gasteiger partial charge in [-0.1, -0.05) is 122 Å². The van der Waals surface area contributed by atoms with Crippen molar-refractivity contribution >= 4 is 66.4 Å². The zero-order valence-electron chi connectivity index (χ0n) is 23.3. The number of para-hydroxylation sites is 1. The average Bonchev–Trinajstić information content (AvgIpc) is 3.39. The van der Waals surface area contributed by atoms with E-state index < -0.39 is 0 Å². The largest absolute Gasteiger partial charge is 0.278 e. The molecule has 0 fully saturated rings. The lowest BCUT2D eigenvalue weighted by Gasteiger charge is -2.13. The molecule has 2 aromatic heterocycles. The highest BCUT2D eigenvalue weighted by atomic mass is 15.2. The molecule has 0 atom stereocenters. The van der Waals surface area contributed by atoms with E-state index in [1.165, 1.54) is 32.3 Å². The van der Waals surface area contributed by atoms with E-state index in [1.54, 1.807) is 0 Å². The van der Waals surface area contributed by atoms with Crippen LogP contribution in [0.3, 0.4) is 0 Å². The molecule has 0 spiro atoms. The average molecular weight is 538 g/mol. The molecule has 198 valence electrons. The summed E-state index contributed by atoms with van der Waals surface area (Å²) in [6, 6.07) is 40.6. The van der Waals surface area contributed by atoms with E-state index >= 15 is 0 Å². The quantitative estimate of drug-likeness (QED) is 0.224.